The Kier molecular flexibility index (Phi) is 8.11. The zero-order valence-corrected chi connectivity index (χ0v) is 20.4. The van der Waals surface area contributed by atoms with E-state index in [-0.39, 0.29) is 9.79 Å². The van der Waals surface area contributed by atoms with E-state index >= 15 is 0 Å². The highest BCUT2D eigenvalue weighted by Gasteiger charge is 2.26. The predicted molar refractivity (Wildman–Crippen MR) is 125 cm³/mol. The molecule has 0 saturated carbocycles. The highest BCUT2D eigenvalue weighted by atomic mass is 32.2. The first kappa shape index (κ1) is 25.2. The Bertz CT molecular complexity index is 1160. The molecule has 0 atom stereocenters. The van der Waals surface area contributed by atoms with Crippen LogP contribution in [0.4, 0.5) is 5.69 Å². The zero-order chi connectivity index (χ0) is 24.1. The standard InChI is InChI=1S/C22H29N3O6S2/c1-24(32(27,28)20-13-9-19(31-2)10-14-20)17-22(26)23-18-7-11-21(12-8-18)33(29,30)25-15-5-3-4-6-16-25/h7-14H,3-6,15-17H2,1-2H3,(H,23,26). The number of benzene rings is 2. The van der Waals surface area contributed by atoms with Crippen molar-refractivity contribution in [3.8, 4) is 5.75 Å². The van der Waals surface area contributed by atoms with Crippen molar-refractivity contribution in [2.75, 3.05) is 39.1 Å². The first-order valence-corrected chi connectivity index (χ1v) is 13.5. The fourth-order valence-corrected chi connectivity index (χ4v) is 6.20. The fourth-order valence-electron chi connectivity index (χ4n) is 3.56. The van der Waals surface area contributed by atoms with Crippen LogP contribution in [0.2, 0.25) is 0 Å². The molecule has 180 valence electrons. The number of carbonyl (C=O) groups is 1. The van der Waals surface area contributed by atoms with E-state index in [1.807, 2.05) is 0 Å². The number of ether oxygens (including phenoxy) is 1. The number of methoxy groups -OCH3 is 1. The van der Waals surface area contributed by atoms with Crippen LogP contribution in [0, 0.1) is 0 Å². The molecule has 0 aromatic heterocycles. The van der Waals surface area contributed by atoms with Gasteiger partial charge in [0.05, 0.1) is 23.4 Å². The van der Waals surface area contributed by atoms with Gasteiger partial charge in [0.1, 0.15) is 5.75 Å². The lowest BCUT2D eigenvalue weighted by atomic mass is 10.2. The number of sulfonamides is 2. The Morgan fingerprint density at radius 1 is 0.909 bits per heavy atom. The van der Waals surface area contributed by atoms with Gasteiger partial charge in [-0.05, 0) is 61.4 Å². The number of hydrogen-bond acceptors (Lipinski definition) is 6. The van der Waals surface area contributed by atoms with Crippen LogP contribution in [0.25, 0.3) is 0 Å². The summed E-state index contributed by atoms with van der Waals surface area (Å²) in [5.41, 5.74) is 0.380. The molecule has 1 saturated heterocycles. The maximum absolute atomic E-state index is 12.9. The van der Waals surface area contributed by atoms with Crippen LogP contribution in [0.1, 0.15) is 25.7 Å². The van der Waals surface area contributed by atoms with Gasteiger partial charge in [-0.2, -0.15) is 8.61 Å². The number of rotatable bonds is 8. The summed E-state index contributed by atoms with van der Waals surface area (Å²) >= 11 is 0. The Morgan fingerprint density at radius 2 is 1.45 bits per heavy atom. The molecule has 0 radical (unpaired) electrons. The molecule has 1 aliphatic rings. The molecule has 0 bridgehead atoms. The summed E-state index contributed by atoms with van der Waals surface area (Å²) in [5, 5.41) is 2.61. The summed E-state index contributed by atoms with van der Waals surface area (Å²) in [4.78, 5) is 12.6. The number of likely N-dealkylation sites (N-methyl/N-ethyl adjacent to an activating group) is 1. The first-order valence-electron chi connectivity index (χ1n) is 10.6. The van der Waals surface area contributed by atoms with Gasteiger partial charge in [0, 0.05) is 25.8 Å². The van der Waals surface area contributed by atoms with Crippen LogP contribution < -0.4 is 10.1 Å². The molecular formula is C22H29N3O6S2. The van der Waals surface area contributed by atoms with Crippen molar-refractivity contribution >= 4 is 31.6 Å². The largest absolute Gasteiger partial charge is 0.497 e. The van der Waals surface area contributed by atoms with Gasteiger partial charge in [0.2, 0.25) is 26.0 Å². The van der Waals surface area contributed by atoms with Crippen molar-refractivity contribution in [1.82, 2.24) is 8.61 Å². The molecule has 2 aromatic carbocycles. The summed E-state index contributed by atoms with van der Waals surface area (Å²) < 4.78 is 58.6. The van der Waals surface area contributed by atoms with Gasteiger partial charge < -0.3 is 10.1 Å². The minimum atomic E-state index is -3.86. The molecule has 3 rings (SSSR count). The first-order chi connectivity index (χ1) is 15.6. The number of nitrogens with zero attached hydrogens (tertiary/aromatic N) is 2. The highest BCUT2D eigenvalue weighted by molar-refractivity contribution is 7.89. The molecule has 0 unspecified atom stereocenters. The summed E-state index contributed by atoms with van der Waals surface area (Å²) in [5.74, 6) is -0.0200. The van der Waals surface area contributed by atoms with Crippen LogP contribution in [-0.2, 0) is 24.8 Å². The van der Waals surface area contributed by atoms with Crippen molar-refractivity contribution in [3.63, 3.8) is 0 Å². The molecule has 1 fully saturated rings. The Morgan fingerprint density at radius 3 is 2.00 bits per heavy atom. The molecule has 1 amide bonds. The Labute approximate surface area is 195 Å². The van der Waals surface area contributed by atoms with E-state index in [1.165, 1.54) is 67.0 Å². The summed E-state index contributed by atoms with van der Waals surface area (Å²) in [6, 6.07) is 11.8. The minimum Gasteiger partial charge on any atom is -0.497 e. The van der Waals surface area contributed by atoms with Crippen molar-refractivity contribution < 1.29 is 26.4 Å². The predicted octanol–water partition coefficient (Wildman–Crippen LogP) is 2.52. The molecule has 11 heteroatoms. The van der Waals surface area contributed by atoms with Crippen molar-refractivity contribution in [2.45, 2.75) is 35.5 Å². The number of nitrogens with one attached hydrogen (secondary N) is 1. The number of carbonyl (C=O) groups excluding carboxylic acids is 1. The lowest BCUT2D eigenvalue weighted by Crippen LogP contribution is -2.35. The van der Waals surface area contributed by atoms with E-state index in [1.54, 1.807) is 0 Å². The number of anilines is 1. The van der Waals surface area contributed by atoms with Crippen molar-refractivity contribution in [3.05, 3.63) is 48.5 Å². The third-order valence-corrected chi connectivity index (χ3v) is 9.21. The van der Waals surface area contributed by atoms with Gasteiger partial charge >= 0.3 is 0 Å². The van der Waals surface area contributed by atoms with Gasteiger partial charge in [-0.15, -0.1) is 0 Å². The molecule has 9 nitrogen and oxygen atoms in total. The minimum absolute atomic E-state index is 0.0432. The molecule has 2 aromatic rings. The summed E-state index contributed by atoms with van der Waals surface area (Å²) in [6.45, 7) is 0.619. The SMILES string of the molecule is COc1ccc(S(=O)(=O)N(C)CC(=O)Nc2ccc(S(=O)(=O)N3CCCCCC3)cc2)cc1. The van der Waals surface area contributed by atoms with Crippen LogP contribution in [0.3, 0.4) is 0 Å². The average Bonchev–Trinajstić information content (AvgIpc) is 3.09. The lowest BCUT2D eigenvalue weighted by Gasteiger charge is -2.20. The average molecular weight is 496 g/mol. The van der Waals surface area contributed by atoms with Gasteiger partial charge in [-0.25, -0.2) is 16.8 Å². The fraction of sp³-hybridized carbons (Fsp3) is 0.409. The Hall–Kier alpha value is -2.47. The van der Waals surface area contributed by atoms with E-state index in [0.717, 1.165) is 30.0 Å². The Balaban J connectivity index is 1.63. The van der Waals surface area contributed by atoms with E-state index < -0.39 is 32.5 Å². The molecule has 33 heavy (non-hydrogen) atoms. The summed E-state index contributed by atoms with van der Waals surface area (Å²) in [6.07, 6.45) is 3.75. The van der Waals surface area contributed by atoms with Gasteiger partial charge in [0.25, 0.3) is 0 Å². The smallest absolute Gasteiger partial charge is 0.243 e. The van der Waals surface area contributed by atoms with Crippen LogP contribution in [0.15, 0.2) is 58.3 Å². The van der Waals surface area contributed by atoms with Gasteiger partial charge in [0.15, 0.2) is 0 Å². The molecule has 0 spiro atoms. The van der Waals surface area contributed by atoms with Crippen LogP contribution in [0.5, 0.6) is 5.75 Å². The van der Waals surface area contributed by atoms with E-state index in [9.17, 15) is 21.6 Å². The molecule has 1 heterocycles. The topological polar surface area (TPSA) is 113 Å². The second kappa shape index (κ2) is 10.6. The maximum atomic E-state index is 12.9. The third kappa shape index (κ3) is 6.11. The lowest BCUT2D eigenvalue weighted by molar-refractivity contribution is -0.116. The number of amides is 1. The molecule has 1 aliphatic heterocycles. The van der Waals surface area contributed by atoms with Crippen LogP contribution in [-0.4, -0.2) is 65.1 Å². The second-order valence-electron chi connectivity index (χ2n) is 7.83. The van der Waals surface area contributed by atoms with E-state index in [2.05, 4.69) is 5.32 Å². The third-order valence-electron chi connectivity index (χ3n) is 5.47. The van der Waals surface area contributed by atoms with Gasteiger partial charge in [-0.3, -0.25) is 4.79 Å². The second-order valence-corrected chi connectivity index (χ2v) is 11.8. The summed E-state index contributed by atoms with van der Waals surface area (Å²) in [7, 11) is -4.64. The quantitative estimate of drug-likeness (QED) is 0.602. The normalized spacial score (nSPS) is 15.7. The number of hydrogen-bond donors (Lipinski definition) is 1. The van der Waals surface area contributed by atoms with Gasteiger partial charge in [-0.1, -0.05) is 12.8 Å². The van der Waals surface area contributed by atoms with Crippen LogP contribution >= 0.6 is 0 Å². The van der Waals surface area contributed by atoms with E-state index in [4.69, 9.17) is 4.74 Å². The van der Waals surface area contributed by atoms with Crippen molar-refractivity contribution in [1.29, 1.82) is 0 Å². The highest BCUT2D eigenvalue weighted by Crippen LogP contribution is 2.22. The maximum Gasteiger partial charge on any atom is 0.243 e. The molecular weight excluding hydrogens is 466 g/mol. The van der Waals surface area contributed by atoms with Crippen molar-refractivity contribution in [2.24, 2.45) is 0 Å². The molecule has 0 aliphatic carbocycles. The molecule has 1 N–H and O–H groups in total. The monoisotopic (exact) mass is 495 g/mol. The van der Waals surface area contributed by atoms with E-state index in [0.29, 0.717) is 24.5 Å². The zero-order valence-electron chi connectivity index (χ0n) is 18.7.